The van der Waals surface area contributed by atoms with E-state index in [-0.39, 0.29) is 0 Å². The lowest BCUT2D eigenvalue weighted by molar-refractivity contribution is -0.0553. The first-order valence-electron chi connectivity index (χ1n) is 5.12. The van der Waals surface area contributed by atoms with Crippen molar-refractivity contribution in [2.45, 2.75) is 24.5 Å². The average Bonchev–Trinajstić information content (AvgIpc) is 2.61. The summed E-state index contributed by atoms with van der Waals surface area (Å²) < 4.78 is 19.0. The van der Waals surface area contributed by atoms with Crippen molar-refractivity contribution >= 4 is 5.82 Å². The number of ether oxygens (including phenoxy) is 1. The van der Waals surface area contributed by atoms with Crippen molar-refractivity contribution in [1.82, 2.24) is 9.55 Å². The first-order valence-corrected chi connectivity index (χ1v) is 5.12. The van der Waals surface area contributed by atoms with Crippen LogP contribution < -0.4 is 11.4 Å². The molecule has 1 unspecified atom stereocenters. The van der Waals surface area contributed by atoms with Gasteiger partial charge in [0.05, 0.1) is 12.8 Å². The van der Waals surface area contributed by atoms with E-state index in [2.05, 4.69) is 4.98 Å². The zero-order valence-corrected chi connectivity index (χ0v) is 9.10. The number of nitrogen functional groups attached to an aromatic ring is 1. The van der Waals surface area contributed by atoms with Crippen LogP contribution in [0.1, 0.15) is 6.23 Å². The summed E-state index contributed by atoms with van der Waals surface area (Å²) in [6.45, 7) is -0.547. The Hall–Kier alpha value is -1.55. The third-order valence-electron chi connectivity index (χ3n) is 2.73. The summed E-state index contributed by atoms with van der Waals surface area (Å²) in [6, 6.07) is 0. The minimum absolute atomic E-state index is 0.547. The van der Waals surface area contributed by atoms with Crippen LogP contribution in [0.5, 0.6) is 0 Å². The second-order valence-corrected chi connectivity index (χ2v) is 3.89. The van der Waals surface area contributed by atoms with Gasteiger partial charge in [-0.15, -0.1) is 0 Å². The SMILES string of the molecule is Nc1nc(=O)n([C@@H]2O[C@H](CO)[C@H](O)C2O)cc1F. The Balaban J connectivity index is 2.39. The number of hydrogen-bond donors (Lipinski definition) is 4. The maximum absolute atomic E-state index is 13.2. The lowest BCUT2D eigenvalue weighted by atomic mass is 10.1. The van der Waals surface area contributed by atoms with E-state index in [1.807, 2.05) is 0 Å². The second-order valence-electron chi connectivity index (χ2n) is 3.89. The van der Waals surface area contributed by atoms with Crippen molar-refractivity contribution in [1.29, 1.82) is 0 Å². The molecule has 0 saturated carbocycles. The molecule has 0 aliphatic carbocycles. The van der Waals surface area contributed by atoms with E-state index in [1.165, 1.54) is 0 Å². The highest BCUT2D eigenvalue weighted by Gasteiger charge is 2.43. The van der Waals surface area contributed by atoms with Gasteiger partial charge in [0.1, 0.15) is 18.3 Å². The molecule has 1 aromatic rings. The van der Waals surface area contributed by atoms with Crippen molar-refractivity contribution < 1.29 is 24.4 Å². The van der Waals surface area contributed by atoms with Crippen LogP contribution in [0.2, 0.25) is 0 Å². The number of anilines is 1. The number of hydrogen-bond acceptors (Lipinski definition) is 7. The molecule has 8 nitrogen and oxygen atoms in total. The van der Waals surface area contributed by atoms with Crippen LogP contribution in [-0.2, 0) is 4.74 Å². The Morgan fingerprint density at radius 3 is 2.72 bits per heavy atom. The second kappa shape index (κ2) is 4.61. The van der Waals surface area contributed by atoms with E-state index >= 15 is 0 Å². The fourth-order valence-electron chi connectivity index (χ4n) is 1.75. The quantitative estimate of drug-likeness (QED) is 0.465. The molecule has 1 fully saturated rings. The van der Waals surface area contributed by atoms with Crippen molar-refractivity contribution in [3.63, 3.8) is 0 Å². The number of nitrogens with zero attached hydrogens (tertiary/aromatic N) is 2. The minimum Gasteiger partial charge on any atom is -0.394 e. The summed E-state index contributed by atoms with van der Waals surface area (Å²) in [5.41, 5.74) is 4.18. The molecule has 1 aliphatic heterocycles. The van der Waals surface area contributed by atoms with E-state index in [1.54, 1.807) is 0 Å². The molecule has 1 saturated heterocycles. The standard InChI is InChI=1S/C9H12FN3O5/c10-3-1-13(9(17)12-7(3)11)8-6(16)5(15)4(2-14)18-8/h1,4-6,8,14-16H,2H2,(H2,11,12,17)/t4-,5+,6?,8-/m1/s1. The summed E-state index contributed by atoms with van der Waals surface area (Å²) in [4.78, 5) is 14.7. The lowest BCUT2D eigenvalue weighted by Gasteiger charge is -2.17. The lowest BCUT2D eigenvalue weighted by Crippen LogP contribution is -2.36. The van der Waals surface area contributed by atoms with E-state index in [0.29, 0.717) is 4.57 Å². The van der Waals surface area contributed by atoms with Crippen LogP contribution >= 0.6 is 0 Å². The molecule has 4 atom stereocenters. The first kappa shape index (κ1) is 12.9. The van der Waals surface area contributed by atoms with Crippen LogP contribution in [0, 0.1) is 5.82 Å². The molecule has 100 valence electrons. The Kier molecular flexibility index (Phi) is 3.30. The third kappa shape index (κ3) is 1.97. The number of halogens is 1. The van der Waals surface area contributed by atoms with Crippen LogP contribution in [0.3, 0.4) is 0 Å². The summed E-state index contributed by atoms with van der Waals surface area (Å²) >= 11 is 0. The third-order valence-corrected chi connectivity index (χ3v) is 2.73. The van der Waals surface area contributed by atoms with Crippen molar-refractivity contribution in [2.75, 3.05) is 12.3 Å². The number of aromatic nitrogens is 2. The van der Waals surface area contributed by atoms with Gasteiger partial charge in [0, 0.05) is 0 Å². The fourth-order valence-corrected chi connectivity index (χ4v) is 1.75. The highest BCUT2D eigenvalue weighted by atomic mass is 19.1. The largest absolute Gasteiger partial charge is 0.394 e. The first-order chi connectivity index (χ1) is 8.45. The molecular formula is C9H12FN3O5. The Morgan fingerprint density at radius 2 is 2.17 bits per heavy atom. The maximum Gasteiger partial charge on any atom is 0.351 e. The molecular weight excluding hydrogens is 249 g/mol. The van der Waals surface area contributed by atoms with E-state index in [4.69, 9.17) is 15.6 Å². The normalized spacial score (nSPS) is 31.8. The molecule has 0 radical (unpaired) electrons. The van der Waals surface area contributed by atoms with Gasteiger partial charge in [-0.3, -0.25) is 4.57 Å². The van der Waals surface area contributed by atoms with Gasteiger partial charge in [0.25, 0.3) is 0 Å². The average molecular weight is 261 g/mol. The summed E-state index contributed by atoms with van der Waals surface area (Å²) in [5, 5.41) is 28.1. The van der Waals surface area contributed by atoms with Gasteiger partial charge in [-0.25, -0.2) is 9.18 Å². The van der Waals surface area contributed by atoms with Gasteiger partial charge in [0.15, 0.2) is 17.9 Å². The van der Waals surface area contributed by atoms with Gasteiger partial charge < -0.3 is 25.8 Å². The summed E-state index contributed by atoms with van der Waals surface area (Å²) in [6.07, 6.45) is -4.52. The Morgan fingerprint density at radius 1 is 1.50 bits per heavy atom. The van der Waals surface area contributed by atoms with Crippen molar-refractivity contribution in [3.05, 3.63) is 22.5 Å². The van der Waals surface area contributed by atoms with Gasteiger partial charge in [0.2, 0.25) is 0 Å². The molecule has 0 bridgehead atoms. The Bertz CT molecular complexity index is 507. The van der Waals surface area contributed by atoms with Gasteiger partial charge in [-0.2, -0.15) is 4.98 Å². The number of aliphatic hydroxyl groups is 3. The van der Waals surface area contributed by atoms with Crippen LogP contribution in [0.4, 0.5) is 10.2 Å². The fraction of sp³-hybridized carbons (Fsp3) is 0.556. The van der Waals surface area contributed by atoms with Gasteiger partial charge >= 0.3 is 5.69 Å². The molecule has 9 heteroatoms. The maximum atomic E-state index is 13.2. The molecule has 2 rings (SSSR count). The number of nitrogens with two attached hydrogens (primary N) is 1. The molecule has 0 aromatic carbocycles. The molecule has 2 heterocycles. The van der Waals surface area contributed by atoms with Crippen LogP contribution in [-0.4, -0.2) is 49.8 Å². The molecule has 0 amide bonds. The summed E-state index contributed by atoms with van der Waals surface area (Å²) in [5.74, 6) is -1.52. The van der Waals surface area contributed by atoms with Crippen molar-refractivity contribution in [2.24, 2.45) is 0 Å². The molecule has 1 aromatic heterocycles. The smallest absolute Gasteiger partial charge is 0.351 e. The van der Waals surface area contributed by atoms with Crippen LogP contribution in [0.15, 0.2) is 11.0 Å². The van der Waals surface area contributed by atoms with E-state index in [0.717, 1.165) is 6.20 Å². The van der Waals surface area contributed by atoms with E-state index < -0.39 is 48.5 Å². The zero-order valence-electron chi connectivity index (χ0n) is 9.10. The number of aliphatic hydroxyl groups excluding tert-OH is 3. The molecule has 5 N–H and O–H groups in total. The number of rotatable bonds is 2. The highest BCUT2D eigenvalue weighted by molar-refractivity contribution is 5.26. The predicted octanol–water partition coefficient (Wildman–Crippen LogP) is -2.42. The minimum atomic E-state index is -1.48. The van der Waals surface area contributed by atoms with Crippen molar-refractivity contribution in [3.8, 4) is 0 Å². The molecule has 18 heavy (non-hydrogen) atoms. The monoisotopic (exact) mass is 261 g/mol. The molecule has 0 spiro atoms. The molecule has 1 aliphatic rings. The van der Waals surface area contributed by atoms with Crippen LogP contribution in [0.25, 0.3) is 0 Å². The topological polar surface area (TPSA) is 131 Å². The zero-order chi connectivity index (χ0) is 13.4. The summed E-state index contributed by atoms with van der Waals surface area (Å²) in [7, 11) is 0. The predicted molar refractivity (Wildman–Crippen MR) is 55.9 cm³/mol. The Labute approximate surface area is 100 Å². The van der Waals surface area contributed by atoms with Gasteiger partial charge in [-0.05, 0) is 0 Å². The highest BCUT2D eigenvalue weighted by Crippen LogP contribution is 2.28. The van der Waals surface area contributed by atoms with Gasteiger partial charge in [-0.1, -0.05) is 0 Å². The van der Waals surface area contributed by atoms with E-state index in [9.17, 15) is 19.4 Å².